The highest BCUT2D eigenvalue weighted by molar-refractivity contribution is 8.01. The number of carbonyl (C=O) groups is 1. The lowest BCUT2D eigenvalue weighted by molar-refractivity contribution is -0.122. The topological polar surface area (TPSA) is 20.3 Å². The molecule has 2 atom stereocenters. The van der Waals surface area contributed by atoms with Crippen LogP contribution in [-0.4, -0.2) is 34.4 Å². The fourth-order valence-electron chi connectivity index (χ4n) is 2.70. The van der Waals surface area contributed by atoms with Crippen molar-refractivity contribution in [3.8, 4) is 0 Å². The van der Waals surface area contributed by atoms with Crippen LogP contribution < -0.4 is 0 Å². The first-order chi connectivity index (χ1) is 6.41. The Morgan fingerprint density at radius 3 is 2.43 bits per heavy atom. The molecular weight excluding hydrogens is 194 g/mol. The van der Waals surface area contributed by atoms with E-state index in [1.54, 1.807) is 6.92 Å². The number of thioether (sulfide) groups is 1. The molecule has 2 aliphatic rings. The van der Waals surface area contributed by atoms with Crippen molar-refractivity contribution >= 4 is 17.5 Å². The number of nitrogens with zero attached hydrogens (tertiary/aromatic N) is 1. The number of hydrogen-bond acceptors (Lipinski definition) is 3. The van der Waals surface area contributed by atoms with E-state index in [4.69, 9.17) is 0 Å². The van der Waals surface area contributed by atoms with Crippen LogP contribution in [0.2, 0.25) is 0 Å². The van der Waals surface area contributed by atoms with Gasteiger partial charge in [0.25, 0.3) is 0 Å². The molecule has 0 aromatic rings. The van der Waals surface area contributed by atoms with Crippen LogP contribution in [0.1, 0.15) is 33.6 Å². The fraction of sp³-hybridized carbons (Fsp3) is 0.909. The molecule has 0 aromatic heterocycles. The van der Waals surface area contributed by atoms with Crippen LogP contribution in [0.5, 0.6) is 0 Å². The summed E-state index contributed by atoms with van der Waals surface area (Å²) in [6, 6.07) is 0.125. The van der Waals surface area contributed by atoms with E-state index in [1.165, 1.54) is 12.8 Å². The predicted molar refractivity (Wildman–Crippen MR) is 60.4 cm³/mol. The Morgan fingerprint density at radius 2 is 2.00 bits per heavy atom. The second-order valence-corrected chi connectivity index (χ2v) is 6.61. The van der Waals surface area contributed by atoms with E-state index in [0.29, 0.717) is 11.2 Å². The van der Waals surface area contributed by atoms with Crippen molar-refractivity contribution in [2.24, 2.45) is 5.41 Å². The van der Waals surface area contributed by atoms with E-state index in [9.17, 15) is 4.79 Å². The van der Waals surface area contributed by atoms with Crippen LogP contribution in [0.3, 0.4) is 0 Å². The van der Waals surface area contributed by atoms with Crippen molar-refractivity contribution in [2.45, 2.75) is 44.4 Å². The molecule has 0 N–H and O–H groups in total. The lowest BCUT2D eigenvalue weighted by atomic mass is 9.83. The molecule has 14 heavy (non-hydrogen) atoms. The minimum Gasteiger partial charge on any atom is -0.298 e. The highest BCUT2D eigenvalue weighted by Crippen LogP contribution is 2.63. The Hall–Kier alpha value is -0.0200. The first kappa shape index (κ1) is 10.5. The minimum atomic E-state index is 0.125. The maximum Gasteiger partial charge on any atom is 0.148 e. The molecule has 1 saturated carbocycles. The van der Waals surface area contributed by atoms with E-state index in [0.717, 1.165) is 5.88 Å². The number of likely N-dealkylation sites (N-methyl/N-ethyl adjacent to an activating group) is 1. The zero-order chi connectivity index (χ0) is 10.6. The summed E-state index contributed by atoms with van der Waals surface area (Å²) in [6.07, 6.45) is 2.57. The van der Waals surface area contributed by atoms with Crippen molar-refractivity contribution in [3.05, 3.63) is 0 Å². The third-order valence-electron chi connectivity index (χ3n) is 4.11. The molecule has 80 valence electrons. The molecule has 0 radical (unpaired) electrons. The van der Waals surface area contributed by atoms with Gasteiger partial charge in [-0.2, -0.15) is 0 Å². The van der Waals surface area contributed by atoms with E-state index < -0.39 is 0 Å². The standard InChI is InChI=1S/C11H19NOS/c1-8(13)9-11(3,10(2)5-6-10)14-7-12(9)4/h9H,5-7H2,1-4H3/t9-,11?/m1/s1. The molecule has 1 heterocycles. The van der Waals surface area contributed by atoms with Gasteiger partial charge in [0.2, 0.25) is 0 Å². The Balaban J connectivity index is 2.30. The van der Waals surface area contributed by atoms with Crippen LogP contribution >= 0.6 is 11.8 Å². The Bertz CT molecular complexity index is 274. The molecule has 0 spiro atoms. The third-order valence-corrected chi connectivity index (χ3v) is 5.97. The van der Waals surface area contributed by atoms with Gasteiger partial charge in [-0.25, -0.2) is 0 Å². The van der Waals surface area contributed by atoms with Gasteiger partial charge in [0.15, 0.2) is 0 Å². The maximum absolute atomic E-state index is 11.7. The molecule has 2 fully saturated rings. The summed E-state index contributed by atoms with van der Waals surface area (Å²) in [5.41, 5.74) is 0.402. The van der Waals surface area contributed by atoms with Gasteiger partial charge in [-0.1, -0.05) is 6.92 Å². The molecule has 1 unspecified atom stereocenters. The van der Waals surface area contributed by atoms with E-state index in [-0.39, 0.29) is 10.8 Å². The van der Waals surface area contributed by atoms with Crippen LogP contribution in [0.25, 0.3) is 0 Å². The number of carbonyl (C=O) groups excluding carboxylic acids is 1. The van der Waals surface area contributed by atoms with Gasteiger partial charge in [0.05, 0.1) is 6.04 Å². The van der Waals surface area contributed by atoms with Gasteiger partial charge in [0, 0.05) is 10.6 Å². The summed E-state index contributed by atoms with van der Waals surface area (Å²) < 4.78 is 0.146. The van der Waals surface area contributed by atoms with E-state index in [2.05, 4.69) is 25.8 Å². The maximum atomic E-state index is 11.7. The van der Waals surface area contributed by atoms with Crippen molar-refractivity contribution in [2.75, 3.05) is 12.9 Å². The Morgan fingerprint density at radius 1 is 1.43 bits per heavy atom. The molecule has 1 saturated heterocycles. The average Bonchev–Trinajstić information content (AvgIpc) is 2.73. The Labute approximate surface area is 90.4 Å². The summed E-state index contributed by atoms with van der Waals surface area (Å²) in [5, 5.41) is 0. The molecule has 0 bridgehead atoms. The molecule has 0 aromatic carbocycles. The van der Waals surface area contributed by atoms with Crippen molar-refractivity contribution < 1.29 is 4.79 Å². The van der Waals surface area contributed by atoms with Crippen molar-refractivity contribution in [3.63, 3.8) is 0 Å². The Kier molecular flexibility index (Phi) is 2.24. The van der Waals surface area contributed by atoms with Crippen LogP contribution in [0.4, 0.5) is 0 Å². The zero-order valence-electron chi connectivity index (χ0n) is 9.46. The van der Waals surface area contributed by atoms with E-state index >= 15 is 0 Å². The molecular formula is C11H19NOS. The zero-order valence-corrected chi connectivity index (χ0v) is 10.3. The largest absolute Gasteiger partial charge is 0.298 e. The van der Waals surface area contributed by atoms with Crippen molar-refractivity contribution in [1.82, 2.24) is 4.90 Å². The molecule has 2 nitrogen and oxygen atoms in total. The van der Waals surface area contributed by atoms with Gasteiger partial charge in [-0.15, -0.1) is 11.8 Å². The van der Waals surface area contributed by atoms with Gasteiger partial charge in [0.1, 0.15) is 5.78 Å². The van der Waals surface area contributed by atoms with Crippen LogP contribution in [-0.2, 0) is 4.79 Å². The minimum absolute atomic E-state index is 0.125. The van der Waals surface area contributed by atoms with Gasteiger partial charge in [-0.05, 0) is 39.2 Å². The average molecular weight is 213 g/mol. The fourth-order valence-corrected chi connectivity index (χ4v) is 4.37. The second kappa shape index (κ2) is 2.99. The van der Waals surface area contributed by atoms with Crippen molar-refractivity contribution in [1.29, 1.82) is 0 Å². The third kappa shape index (κ3) is 1.25. The van der Waals surface area contributed by atoms with E-state index in [1.807, 2.05) is 11.8 Å². The summed E-state index contributed by atoms with van der Waals surface area (Å²) in [4.78, 5) is 13.9. The monoisotopic (exact) mass is 213 g/mol. The number of Topliss-reactive ketones (excluding diaryl/α,β-unsaturated/α-hetero) is 1. The number of hydrogen-bond donors (Lipinski definition) is 0. The SMILES string of the molecule is CC(=O)[C@H]1N(C)CSC1(C)C1(C)CC1. The van der Waals surface area contributed by atoms with Gasteiger partial charge >= 0.3 is 0 Å². The first-order valence-corrected chi connectivity index (χ1v) is 6.24. The predicted octanol–water partition coefficient (Wildman–Crippen LogP) is 2.14. The summed E-state index contributed by atoms with van der Waals surface area (Å²) in [5.74, 6) is 1.32. The van der Waals surface area contributed by atoms with Crippen LogP contribution in [0.15, 0.2) is 0 Å². The molecule has 0 amide bonds. The smallest absolute Gasteiger partial charge is 0.148 e. The van der Waals surface area contributed by atoms with Gasteiger partial charge in [-0.3, -0.25) is 9.69 Å². The lowest BCUT2D eigenvalue weighted by Gasteiger charge is -2.36. The molecule has 2 rings (SSSR count). The highest BCUT2D eigenvalue weighted by atomic mass is 32.2. The number of rotatable bonds is 2. The highest BCUT2D eigenvalue weighted by Gasteiger charge is 2.61. The molecule has 3 heteroatoms. The normalized spacial score (nSPS) is 41.3. The second-order valence-electron chi connectivity index (χ2n) is 5.21. The summed E-state index contributed by atoms with van der Waals surface area (Å²) in [6.45, 7) is 6.34. The first-order valence-electron chi connectivity index (χ1n) is 5.25. The quantitative estimate of drug-likeness (QED) is 0.701. The summed E-state index contributed by atoms with van der Waals surface area (Å²) in [7, 11) is 2.07. The summed E-state index contributed by atoms with van der Waals surface area (Å²) >= 11 is 1.96. The van der Waals surface area contributed by atoms with Gasteiger partial charge < -0.3 is 0 Å². The molecule has 1 aliphatic heterocycles. The number of ketones is 1. The lowest BCUT2D eigenvalue weighted by Crippen LogP contribution is -2.49. The molecule has 1 aliphatic carbocycles. The van der Waals surface area contributed by atoms with Crippen LogP contribution in [0, 0.1) is 5.41 Å².